The van der Waals surface area contributed by atoms with Crippen LogP contribution in [-0.2, 0) is 6.54 Å². The van der Waals surface area contributed by atoms with E-state index in [1.165, 1.54) is 12.8 Å². The van der Waals surface area contributed by atoms with Gasteiger partial charge < -0.3 is 15.3 Å². The molecule has 1 aliphatic rings. The summed E-state index contributed by atoms with van der Waals surface area (Å²) in [5.41, 5.74) is 1.02. The Bertz CT molecular complexity index is 582. The Hall–Kier alpha value is -2.30. The molecule has 0 bridgehead atoms. The first-order chi connectivity index (χ1) is 9.81. The lowest BCUT2D eigenvalue weighted by Gasteiger charge is -2.16. The molecule has 1 aromatic heterocycles. The second-order valence-corrected chi connectivity index (χ2v) is 4.98. The molecule has 0 unspecified atom stereocenters. The van der Waals surface area contributed by atoms with Crippen LogP contribution < -0.4 is 10.2 Å². The van der Waals surface area contributed by atoms with Crippen molar-refractivity contribution in [1.29, 1.82) is 0 Å². The van der Waals surface area contributed by atoms with E-state index >= 15 is 0 Å². The van der Waals surface area contributed by atoms with E-state index in [1.807, 2.05) is 18.2 Å². The van der Waals surface area contributed by atoms with Gasteiger partial charge in [-0.1, -0.05) is 12.1 Å². The zero-order chi connectivity index (χ0) is 13.8. The highest BCUT2D eigenvalue weighted by molar-refractivity contribution is 5.49. The van der Waals surface area contributed by atoms with Crippen molar-refractivity contribution in [3.8, 4) is 5.75 Å². The predicted octanol–water partition coefficient (Wildman–Crippen LogP) is 2.39. The molecule has 5 nitrogen and oxygen atoms in total. The molecule has 5 heteroatoms. The number of phenolic OH excluding ortho intramolecular Hbond substituents is 1. The molecule has 0 spiro atoms. The molecule has 0 amide bonds. The molecule has 2 aromatic rings. The van der Waals surface area contributed by atoms with Crippen molar-refractivity contribution in [2.24, 2.45) is 0 Å². The highest BCUT2D eigenvalue weighted by atomic mass is 16.3. The number of nitrogens with one attached hydrogen (secondary N) is 1. The van der Waals surface area contributed by atoms with Gasteiger partial charge in [-0.05, 0) is 30.5 Å². The van der Waals surface area contributed by atoms with E-state index in [0.717, 1.165) is 30.3 Å². The molecule has 0 atom stereocenters. The summed E-state index contributed by atoms with van der Waals surface area (Å²) in [5.74, 6) is 2.07. The first kappa shape index (κ1) is 12.7. The normalized spacial score (nSPS) is 14.5. The first-order valence-corrected chi connectivity index (χ1v) is 6.90. The van der Waals surface area contributed by atoms with Gasteiger partial charge >= 0.3 is 0 Å². The van der Waals surface area contributed by atoms with Crippen molar-refractivity contribution in [1.82, 2.24) is 9.97 Å². The van der Waals surface area contributed by atoms with Gasteiger partial charge in [-0.3, -0.25) is 0 Å². The molecular weight excluding hydrogens is 252 g/mol. The van der Waals surface area contributed by atoms with E-state index in [9.17, 15) is 5.11 Å². The lowest BCUT2D eigenvalue weighted by molar-refractivity contribution is 0.474. The molecule has 20 heavy (non-hydrogen) atoms. The van der Waals surface area contributed by atoms with Crippen molar-refractivity contribution in [2.75, 3.05) is 23.3 Å². The fourth-order valence-corrected chi connectivity index (χ4v) is 2.42. The van der Waals surface area contributed by atoms with Crippen LogP contribution >= 0.6 is 0 Å². The lowest BCUT2D eigenvalue weighted by Crippen LogP contribution is -2.19. The minimum atomic E-state index is 0.282. The zero-order valence-corrected chi connectivity index (χ0v) is 11.3. The monoisotopic (exact) mass is 270 g/mol. The summed E-state index contributed by atoms with van der Waals surface area (Å²) in [6.45, 7) is 2.77. The average Bonchev–Trinajstić information content (AvgIpc) is 3.00. The molecule has 1 aromatic carbocycles. The summed E-state index contributed by atoms with van der Waals surface area (Å²) >= 11 is 0. The average molecular weight is 270 g/mol. The van der Waals surface area contributed by atoms with E-state index in [0.29, 0.717) is 6.54 Å². The van der Waals surface area contributed by atoms with Gasteiger partial charge in [0.2, 0.25) is 0 Å². The van der Waals surface area contributed by atoms with Gasteiger partial charge in [0, 0.05) is 25.7 Å². The van der Waals surface area contributed by atoms with Gasteiger partial charge in [-0.2, -0.15) is 0 Å². The number of aromatic nitrogens is 2. The Kier molecular flexibility index (Phi) is 3.67. The number of rotatable bonds is 4. The maximum atomic E-state index is 9.44. The molecule has 1 fully saturated rings. The van der Waals surface area contributed by atoms with Crippen LogP contribution in [0.1, 0.15) is 18.4 Å². The van der Waals surface area contributed by atoms with Crippen molar-refractivity contribution in [3.63, 3.8) is 0 Å². The van der Waals surface area contributed by atoms with Crippen molar-refractivity contribution in [2.45, 2.75) is 19.4 Å². The molecule has 0 radical (unpaired) electrons. The van der Waals surface area contributed by atoms with E-state index in [-0.39, 0.29) is 5.75 Å². The summed E-state index contributed by atoms with van der Waals surface area (Å²) in [7, 11) is 0. The third-order valence-electron chi connectivity index (χ3n) is 3.47. The van der Waals surface area contributed by atoms with Gasteiger partial charge in [-0.15, -0.1) is 0 Å². The Morgan fingerprint density at radius 1 is 1.15 bits per heavy atom. The maximum Gasteiger partial charge on any atom is 0.134 e. The van der Waals surface area contributed by atoms with Crippen LogP contribution in [0.5, 0.6) is 5.75 Å². The molecule has 2 heterocycles. The third-order valence-corrected chi connectivity index (χ3v) is 3.47. The number of nitrogens with zero attached hydrogens (tertiary/aromatic N) is 3. The van der Waals surface area contributed by atoms with Gasteiger partial charge in [-0.25, -0.2) is 9.97 Å². The molecule has 104 valence electrons. The Balaban J connectivity index is 1.66. The molecule has 2 N–H and O–H groups in total. The second-order valence-electron chi connectivity index (χ2n) is 4.98. The lowest BCUT2D eigenvalue weighted by atomic mass is 10.2. The number of hydrogen-bond acceptors (Lipinski definition) is 5. The summed E-state index contributed by atoms with van der Waals surface area (Å²) in [6.07, 6.45) is 4.06. The molecule has 3 rings (SSSR count). The molecule has 1 aliphatic heterocycles. The van der Waals surface area contributed by atoms with Gasteiger partial charge in [0.15, 0.2) is 0 Å². The number of anilines is 2. The standard InChI is InChI=1S/C15H18N4O/c20-13-5-3-4-12(8-13)10-16-14-9-15(18-11-17-14)19-6-1-2-7-19/h3-5,8-9,11,20H,1-2,6-7,10H2,(H,16,17,18). The largest absolute Gasteiger partial charge is 0.508 e. The van der Waals surface area contributed by atoms with Crippen LogP contribution in [0, 0.1) is 0 Å². The number of benzene rings is 1. The van der Waals surface area contributed by atoms with Crippen LogP contribution in [-0.4, -0.2) is 28.2 Å². The fraction of sp³-hybridized carbons (Fsp3) is 0.333. The molecule has 0 saturated carbocycles. The quantitative estimate of drug-likeness (QED) is 0.893. The van der Waals surface area contributed by atoms with Gasteiger partial charge in [0.25, 0.3) is 0 Å². The van der Waals surface area contributed by atoms with E-state index in [2.05, 4.69) is 20.2 Å². The molecular formula is C15H18N4O. The Morgan fingerprint density at radius 3 is 2.80 bits per heavy atom. The van der Waals surface area contributed by atoms with Crippen molar-refractivity contribution < 1.29 is 5.11 Å². The topological polar surface area (TPSA) is 61.3 Å². The summed E-state index contributed by atoms with van der Waals surface area (Å²) in [5, 5.41) is 12.7. The minimum Gasteiger partial charge on any atom is -0.508 e. The van der Waals surface area contributed by atoms with Crippen molar-refractivity contribution in [3.05, 3.63) is 42.2 Å². The van der Waals surface area contributed by atoms with Crippen LogP contribution in [0.25, 0.3) is 0 Å². The number of hydrogen-bond donors (Lipinski definition) is 2. The van der Waals surface area contributed by atoms with Gasteiger partial charge in [0.1, 0.15) is 23.7 Å². The number of aromatic hydroxyl groups is 1. The predicted molar refractivity (Wildman–Crippen MR) is 78.9 cm³/mol. The highest BCUT2D eigenvalue weighted by Gasteiger charge is 2.13. The third kappa shape index (κ3) is 2.99. The first-order valence-electron chi connectivity index (χ1n) is 6.90. The van der Waals surface area contributed by atoms with E-state index in [1.54, 1.807) is 18.5 Å². The second kappa shape index (κ2) is 5.77. The summed E-state index contributed by atoms with van der Waals surface area (Å²) in [4.78, 5) is 10.8. The van der Waals surface area contributed by atoms with Crippen molar-refractivity contribution >= 4 is 11.6 Å². The Labute approximate surface area is 118 Å². The van der Waals surface area contributed by atoms with Crippen LogP contribution in [0.3, 0.4) is 0 Å². The SMILES string of the molecule is Oc1cccc(CNc2cc(N3CCCC3)ncn2)c1. The highest BCUT2D eigenvalue weighted by Crippen LogP contribution is 2.20. The minimum absolute atomic E-state index is 0.282. The van der Waals surface area contributed by atoms with E-state index in [4.69, 9.17) is 0 Å². The number of phenols is 1. The van der Waals surface area contributed by atoms with Crippen LogP contribution in [0.2, 0.25) is 0 Å². The van der Waals surface area contributed by atoms with Gasteiger partial charge in [0.05, 0.1) is 0 Å². The van der Waals surface area contributed by atoms with E-state index < -0.39 is 0 Å². The zero-order valence-electron chi connectivity index (χ0n) is 11.3. The summed E-state index contributed by atoms with van der Waals surface area (Å²) < 4.78 is 0. The molecule has 0 aliphatic carbocycles. The smallest absolute Gasteiger partial charge is 0.134 e. The van der Waals surface area contributed by atoms with Crippen LogP contribution in [0.15, 0.2) is 36.7 Å². The Morgan fingerprint density at radius 2 is 2.00 bits per heavy atom. The summed E-state index contributed by atoms with van der Waals surface area (Å²) in [6, 6.07) is 9.20. The fourth-order valence-electron chi connectivity index (χ4n) is 2.42. The maximum absolute atomic E-state index is 9.44. The van der Waals surface area contributed by atoms with Crippen LogP contribution in [0.4, 0.5) is 11.6 Å². The molecule has 1 saturated heterocycles.